The molecule has 0 bridgehead atoms. The Hall–Kier alpha value is -0.910. The number of carbonyl (C=O) groups excluding carboxylic acids is 1. The molecule has 0 aromatic heterocycles. The Bertz CT molecular complexity index is 272. The molecular formula is C12H24N2O3S. The molecular weight excluding hydrogens is 252 g/mol. The minimum absolute atomic E-state index is 0.0501. The molecule has 0 spiro atoms. The number of hydrogen-bond donors (Lipinski definition) is 3. The summed E-state index contributed by atoms with van der Waals surface area (Å²) in [5.74, 6) is 0.589. The lowest BCUT2D eigenvalue weighted by atomic mass is 10.0. The molecule has 0 aromatic rings. The zero-order valence-electron chi connectivity index (χ0n) is 11.5. The van der Waals surface area contributed by atoms with Crippen LogP contribution in [-0.2, 0) is 4.79 Å². The van der Waals surface area contributed by atoms with Gasteiger partial charge in [-0.2, -0.15) is 11.8 Å². The van der Waals surface area contributed by atoms with Gasteiger partial charge in [-0.1, -0.05) is 20.8 Å². The molecule has 0 aromatic carbocycles. The van der Waals surface area contributed by atoms with E-state index >= 15 is 0 Å². The summed E-state index contributed by atoms with van der Waals surface area (Å²) < 4.78 is 0. The molecule has 2 unspecified atom stereocenters. The number of hydrogen-bond acceptors (Lipinski definition) is 3. The Balaban J connectivity index is 4.06. The predicted octanol–water partition coefficient (Wildman–Crippen LogP) is 1.78. The molecule has 106 valence electrons. The summed E-state index contributed by atoms with van der Waals surface area (Å²) in [6, 6.07) is -0.624. The molecule has 0 aliphatic carbocycles. The van der Waals surface area contributed by atoms with E-state index in [1.54, 1.807) is 11.8 Å². The van der Waals surface area contributed by atoms with Crippen molar-refractivity contribution in [2.24, 2.45) is 11.8 Å². The van der Waals surface area contributed by atoms with Crippen LogP contribution in [0.4, 0.5) is 4.79 Å². The number of rotatable bonds is 8. The Morgan fingerprint density at radius 2 is 1.89 bits per heavy atom. The molecule has 18 heavy (non-hydrogen) atoms. The highest BCUT2D eigenvalue weighted by atomic mass is 32.2. The van der Waals surface area contributed by atoms with Crippen LogP contribution in [0.1, 0.15) is 27.2 Å². The summed E-state index contributed by atoms with van der Waals surface area (Å²) in [4.78, 5) is 22.3. The van der Waals surface area contributed by atoms with Crippen LogP contribution >= 0.6 is 11.8 Å². The summed E-state index contributed by atoms with van der Waals surface area (Å²) in [6.45, 7) is 6.45. The Labute approximate surface area is 113 Å². The van der Waals surface area contributed by atoms with Crippen LogP contribution in [0.3, 0.4) is 0 Å². The number of thioether (sulfide) groups is 1. The first-order chi connectivity index (χ1) is 8.36. The Kier molecular flexibility index (Phi) is 8.62. The molecule has 0 saturated heterocycles. The van der Waals surface area contributed by atoms with E-state index in [1.807, 2.05) is 20.1 Å². The summed E-state index contributed by atoms with van der Waals surface area (Å²) in [5.41, 5.74) is 0. The van der Waals surface area contributed by atoms with Crippen LogP contribution in [0.25, 0.3) is 0 Å². The Morgan fingerprint density at radius 1 is 1.28 bits per heavy atom. The second kappa shape index (κ2) is 9.08. The van der Waals surface area contributed by atoms with Crippen LogP contribution in [0.15, 0.2) is 0 Å². The maximum absolute atomic E-state index is 11.6. The number of aliphatic carboxylic acids is 1. The first-order valence-corrected chi connectivity index (χ1v) is 7.51. The van der Waals surface area contributed by atoms with E-state index in [0.29, 0.717) is 12.5 Å². The molecule has 0 aliphatic heterocycles. The van der Waals surface area contributed by atoms with E-state index in [2.05, 4.69) is 17.6 Å². The molecule has 2 atom stereocenters. The fraction of sp³-hybridized carbons (Fsp3) is 0.833. The van der Waals surface area contributed by atoms with Crippen LogP contribution in [0, 0.1) is 11.8 Å². The third-order valence-electron chi connectivity index (χ3n) is 2.58. The molecule has 0 fully saturated rings. The van der Waals surface area contributed by atoms with Crippen molar-refractivity contribution in [1.29, 1.82) is 0 Å². The van der Waals surface area contributed by atoms with Crippen molar-refractivity contribution in [2.75, 3.05) is 18.6 Å². The van der Waals surface area contributed by atoms with Crippen molar-refractivity contribution in [1.82, 2.24) is 10.6 Å². The topological polar surface area (TPSA) is 78.4 Å². The predicted molar refractivity (Wildman–Crippen MR) is 75.0 cm³/mol. The summed E-state index contributed by atoms with van der Waals surface area (Å²) in [6.07, 6.45) is 1.98. The van der Waals surface area contributed by atoms with Gasteiger partial charge in [0.05, 0.1) is 6.42 Å². The van der Waals surface area contributed by atoms with Crippen molar-refractivity contribution in [3.05, 3.63) is 0 Å². The first kappa shape index (κ1) is 17.1. The second-order valence-electron chi connectivity index (χ2n) is 4.86. The summed E-state index contributed by atoms with van der Waals surface area (Å²) in [7, 11) is 0. The van der Waals surface area contributed by atoms with E-state index in [1.165, 1.54) is 0 Å². The van der Waals surface area contributed by atoms with E-state index in [4.69, 9.17) is 5.11 Å². The third kappa shape index (κ3) is 8.22. The van der Waals surface area contributed by atoms with Gasteiger partial charge in [0.2, 0.25) is 0 Å². The average molecular weight is 276 g/mol. The van der Waals surface area contributed by atoms with Crippen molar-refractivity contribution in [3.8, 4) is 0 Å². The number of carbonyl (C=O) groups is 2. The summed E-state index contributed by atoms with van der Waals surface area (Å²) >= 11 is 1.74. The van der Waals surface area contributed by atoms with Crippen molar-refractivity contribution in [3.63, 3.8) is 0 Å². The summed E-state index contributed by atoms with van der Waals surface area (Å²) in [5, 5.41) is 14.2. The van der Waals surface area contributed by atoms with Crippen molar-refractivity contribution in [2.45, 2.75) is 33.2 Å². The van der Waals surface area contributed by atoms with Gasteiger partial charge in [0.25, 0.3) is 0 Å². The monoisotopic (exact) mass is 276 g/mol. The maximum Gasteiger partial charge on any atom is 0.315 e. The van der Waals surface area contributed by atoms with Crippen LogP contribution in [0.2, 0.25) is 0 Å². The highest BCUT2D eigenvalue weighted by molar-refractivity contribution is 7.98. The average Bonchev–Trinajstić information content (AvgIpc) is 2.25. The fourth-order valence-corrected chi connectivity index (χ4v) is 2.16. The highest BCUT2D eigenvalue weighted by Gasteiger charge is 2.19. The quantitative estimate of drug-likeness (QED) is 0.631. The second-order valence-corrected chi connectivity index (χ2v) is 5.77. The SMILES string of the molecule is CSCC(C)CNC(=O)NC(CC(=O)O)C(C)C. The molecule has 0 heterocycles. The van der Waals surface area contributed by atoms with Crippen molar-refractivity contribution < 1.29 is 14.7 Å². The van der Waals surface area contributed by atoms with Gasteiger partial charge in [-0.15, -0.1) is 0 Å². The zero-order chi connectivity index (χ0) is 14.1. The van der Waals surface area contributed by atoms with E-state index < -0.39 is 5.97 Å². The van der Waals surface area contributed by atoms with Gasteiger partial charge in [0.1, 0.15) is 0 Å². The van der Waals surface area contributed by atoms with Crippen molar-refractivity contribution >= 4 is 23.8 Å². The number of amides is 2. The molecule has 5 nitrogen and oxygen atoms in total. The van der Waals surface area contributed by atoms with Gasteiger partial charge in [0.15, 0.2) is 0 Å². The largest absolute Gasteiger partial charge is 0.481 e. The third-order valence-corrected chi connectivity index (χ3v) is 3.48. The minimum Gasteiger partial charge on any atom is -0.481 e. The fourth-order valence-electron chi connectivity index (χ4n) is 1.47. The van der Waals surface area contributed by atoms with Crippen LogP contribution < -0.4 is 10.6 Å². The van der Waals surface area contributed by atoms with Gasteiger partial charge in [0, 0.05) is 12.6 Å². The molecule has 0 rings (SSSR count). The van der Waals surface area contributed by atoms with Gasteiger partial charge in [-0.25, -0.2) is 4.79 Å². The van der Waals surface area contributed by atoms with E-state index in [0.717, 1.165) is 5.75 Å². The lowest BCUT2D eigenvalue weighted by molar-refractivity contribution is -0.137. The number of urea groups is 1. The van der Waals surface area contributed by atoms with Gasteiger partial charge >= 0.3 is 12.0 Å². The lowest BCUT2D eigenvalue weighted by Crippen LogP contribution is -2.46. The minimum atomic E-state index is -0.898. The van der Waals surface area contributed by atoms with Gasteiger partial charge < -0.3 is 15.7 Å². The van der Waals surface area contributed by atoms with Crippen LogP contribution in [-0.4, -0.2) is 41.7 Å². The molecule has 6 heteroatoms. The highest BCUT2D eigenvalue weighted by Crippen LogP contribution is 2.06. The van der Waals surface area contributed by atoms with E-state index in [-0.39, 0.29) is 24.4 Å². The molecule has 0 saturated carbocycles. The van der Waals surface area contributed by atoms with Gasteiger partial charge in [-0.05, 0) is 23.8 Å². The standard InChI is InChI=1S/C12H24N2O3S/c1-8(2)10(5-11(15)16)14-12(17)13-6-9(3)7-18-4/h8-10H,5-7H2,1-4H3,(H,15,16)(H2,13,14,17). The van der Waals surface area contributed by atoms with E-state index in [9.17, 15) is 9.59 Å². The smallest absolute Gasteiger partial charge is 0.315 e. The maximum atomic E-state index is 11.6. The number of carboxylic acid groups (broad SMARTS) is 1. The van der Waals surface area contributed by atoms with Gasteiger partial charge in [-0.3, -0.25) is 4.79 Å². The zero-order valence-corrected chi connectivity index (χ0v) is 12.3. The normalized spacial score (nSPS) is 14.1. The number of nitrogens with one attached hydrogen (secondary N) is 2. The lowest BCUT2D eigenvalue weighted by Gasteiger charge is -2.21. The van der Waals surface area contributed by atoms with Crippen LogP contribution in [0.5, 0.6) is 0 Å². The molecule has 0 aliphatic rings. The molecule has 3 N–H and O–H groups in total. The number of carboxylic acids is 1. The molecule has 0 radical (unpaired) electrons. The first-order valence-electron chi connectivity index (χ1n) is 6.11. The Morgan fingerprint density at radius 3 is 2.33 bits per heavy atom. The molecule has 2 amide bonds.